The minimum Gasteiger partial charge on any atom is -0.493 e. The number of amides is 1. The van der Waals surface area contributed by atoms with Crippen LogP contribution in [0.1, 0.15) is 18.2 Å². The molecule has 7 nitrogen and oxygen atoms in total. The maximum atomic E-state index is 13.9. The fraction of sp³-hybridized carbons (Fsp3) is 0.250. The number of hydrogen-bond acceptors (Lipinski definition) is 6. The van der Waals surface area contributed by atoms with E-state index in [9.17, 15) is 9.18 Å². The van der Waals surface area contributed by atoms with Gasteiger partial charge in [-0.3, -0.25) is 4.79 Å². The Morgan fingerprint density at radius 1 is 1.14 bits per heavy atom. The first-order valence-electron chi connectivity index (χ1n) is 8.71. The summed E-state index contributed by atoms with van der Waals surface area (Å²) >= 11 is 0. The lowest BCUT2D eigenvalue weighted by Crippen LogP contribution is -2.24. The van der Waals surface area contributed by atoms with Crippen molar-refractivity contribution in [1.29, 1.82) is 0 Å². The van der Waals surface area contributed by atoms with Crippen LogP contribution in [0.15, 0.2) is 47.0 Å². The second kappa shape index (κ2) is 7.30. The molecule has 1 atom stereocenters. The van der Waals surface area contributed by atoms with Gasteiger partial charge in [0.15, 0.2) is 17.3 Å². The van der Waals surface area contributed by atoms with Crippen molar-refractivity contribution in [3.63, 3.8) is 0 Å². The average molecular weight is 383 g/mol. The summed E-state index contributed by atoms with van der Waals surface area (Å²) in [6.45, 7) is 0.393. The number of nitrogens with zero attached hydrogens (tertiary/aromatic N) is 3. The summed E-state index contributed by atoms with van der Waals surface area (Å²) in [5, 5.41) is 3.96. The lowest BCUT2D eigenvalue weighted by atomic mass is 10.1. The zero-order valence-electron chi connectivity index (χ0n) is 15.4. The van der Waals surface area contributed by atoms with Crippen LogP contribution in [0.4, 0.5) is 10.1 Å². The van der Waals surface area contributed by atoms with E-state index in [1.54, 1.807) is 55.5 Å². The standard InChI is InChI=1S/C20H18FN3O4/c1-26-16-8-7-13(10-17(16)27-2)24-11-12(9-18(24)25)19-22-20(28-23-19)14-5-3-4-6-15(14)21/h3-8,10,12H,9,11H2,1-2H3/t12-/m1/s1. The SMILES string of the molecule is COc1ccc(N2C[C@H](c3noc(-c4ccccc4F)n3)CC2=O)cc1OC. The van der Waals surface area contributed by atoms with Gasteiger partial charge in [-0.25, -0.2) is 4.39 Å². The van der Waals surface area contributed by atoms with E-state index in [-0.39, 0.29) is 29.7 Å². The summed E-state index contributed by atoms with van der Waals surface area (Å²) in [4.78, 5) is 18.5. The van der Waals surface area contributed by atoms with Gasteiger partial charge in [-0.15, -0.1) is 0 Å². The van der Waals surface area contributed by atoms with Gasteiger partial charge in [0.2, 0.25) is 5.91 Å². The van der Waals surface area contributed by atoms with E-state index >= 15 is 0 Å². The number of anilines is 1. The van der Waals surface area contributed by atoms with Crippen molar-refractivity contribution >= 4 is 11.6 Å². The molecule has 1 fully saturated rings. The molecule has 8 heteroatoms. The van der Waals surface area contributed by atoms with Crippen LogP contribution >= 0.6 is 0 Å². The Balaban J connectivity index is 1.57. The maximum Gasteiger partial charge on any atom is 0.260 e. The van der Waals surface area contributed by atoms with Gasteiger partial charge < -0.3 is 18.9 Å². The van der Waals surface area contributed by atoms with Crippen molar-refractivity contribution in [2.75, 3.05) is 25.7 Å². The summed E-state index contributed by atoms with van der Waals surface area (Å²) in [6.07, 6.45) is 0.241. The van der Waals surface area contributed by atoms with Crippen LogP contribution in [0.25, 0.3) is 11.5 Å². The highest BCUT2D eigenvalue weighted by Crippen LogP contribution is 2.36. The first kappa shape index (κ1) is 18.0. The van der Waals surface area contributed by atoms with Crippen LogP contribution in [0.2, 0.25) is 0 Å². The lowest BCUT2D eigenvalue weighted by molar-refractivity contribution is -0.117. The van der Waals surface area contributed by atoms with E-state index in [1.807, 2.05) is 0 Å². The fourth-order valence-electron chi connectivity index (χ4n) is 3.27. The van der Waals surface area contributed by atoms with Gasteiger partial charge in [-0.1, -0.05) is 17.3 Å². The Kier molecular flexibility index (Phi) is 4.68. The number of halogens is 1. The van der Waals surface area contributed by atoms with Crippen LogP contribution < -0.4 is 14.4 Å². The van der Waals surface area contributed by atoms with Crippen molar-refractivity contribution in [2.45, 2.75) is 12.3 Å². The van der Waals surface area contributed by atoms with Gasteiger partial charge in [-0.2, -0.15) is 4.98 Å². The van der Waals surface area contributed by atoms with Crippen LogP contribution in [0.3, 0.4) is 0 Å². The molecular weight excluding hydrogens is 365 g/mol. The van der Waals surface area contributed by atoms with Crippen LogP contribution in [0.5, 0.6) is 11.5 Å². The molecule has 0 N–H and O–H groups in total. The van der Waals surface area contributed by atoms with Crippen molar-refractivity contribution < 1.29 is 23.2 Å². The number of benzene rings is 2. The number of aromatic nitrogens is 2. The van der Waals surface area contributed by atoms with E-state index in [0.29, 0.717) is 29.6 Å². The molecule has 1 aliphatic rings. The molecule has 2 aromatic carbocycles. The lowest BCUT2D eigenvalue weighted by Gasteiger charge is -2.18. The molecule has 4 rings (SSSR count). The van der Waals surface area contributed by atoms with Gasteiger partial charge in [0.05, 0.1) is 19.8 Å². The third kappa shape index (κ3) is 3.17. The smallest absolute Gasteiger partial charge is 0.260 e. The zero-order valence-corrected chi connectivity index (χ0v) is 15.4. The molecule has 1 aromatic heterocycles. The summed E-state index contributed by atoms with van der Waals surface area (Å²) in [5.41, 5.74) is 0.935. The van der Waals surface area contributed by atoms with Gasteiger partial charge in [0.1, 0.15) is 5.82 Å². The van der Waals surface area contributed by atoms with Crippen molar-refractivity contribution in [3.8, 4) is 23.0 Å². The highest BCUT2D eigenvalue weighted by Gasteiger charge is 2.35. The first-order valence-corrected chi connectivity index (χ1v) is 8.71. The quantitative estimate of drug-likeness (QED) is 0.672. The molecule has 1 saturated heterocycles. The van der Waals surface area contributed by atoms with E-state index in [2.05, 4.69) is 10.1 Å². The predicted octanol–water partition coefficient (Wildman–Crippen LogP) is 3.41. The Labute approximate surface area is 160 Å². The van der Waals surface area contributed by atoms with Gasteiger partial charge in [-0.05, 0) is 24.3 Å². The van der Waals surface area contributed by atoms with Crippen molar-refractivity contribution in [3.05, 3.63) is 54.1 Å². The third-order valence-electron chi connectivity index (χ3n) is 4.71. The highest BCUT2D eigenvalue weighted by atomic mass is 19.1. The summed E-state index contributed by atoms with van der Waals surface area (Å²) in [6, 6.07) is 11.5. The van der Waals surface area contributed by atoms with Crippen molar-refractivity contribution in [1.82, 2.24) is 10.1 Å². The molecule has 0 radical (unpaired) electrons. The molecule has 28 heavy (non-hydrogen) atoms. The average Bonchev–Trinajstić information content (AvgIpc) is 3.34. The molecule has 144 valence electrons. The molecule has 1 aliphatic heterocycles. The van der Waals surface area contributed by atoms with Crippen LogP contribution in [0, 0.1) is 5.82 Å². The number of carbonyl (C=O) groups is 1. The summed E-state index contributed by atoms with van der Waals surface area (Å²) in [7, 11) is 3.09. The van der Waals surface area contributed by atoms with Crippen LogP contribution in [-0.4, -0.2) is 36.8 Å². The molecule has 0 saturated carbocycles. The number of ether oxygens (including phenoxy) is 2. The van der Waals surface area contributed by atoms with E-state index in [0.717, 1.165) is 0 Å². The van der Waals surface area contributed by atoms with E-state index in [1.165, 1.54) is 6.07 Å². The highest BCUT2D eigenvalue weighted by molar-refractivity contribution is 5.96. The molecular formula is C20H18FN3O4. The molecule has 0 aliphatic carbocycles. The topological polar surface area (TPSA) is 77.7 Å². The monoisotopic (exact) mass is 383 g/mol. The summed E-state index contributed by atoms with van der Waals surface area (Å²) < 4.78 is 29.7. The summed E-state index contributed by atoms with van der Waals surface area (Å²) in [5.74, 6) is 0.867. The number of hydrogen-bond donors (Lipinski definition) is 0. The van der Waals surface area contributed by atoms with Gasteiger partial charge >= 0.3 is 0 Å². The Morgan fingerprint density at radius 3 is 2.68 bits per heavy atom. The second-order valence-electron chi connectivity index (χ2n) is 6.38. The maximum absolute atomic E-state index is 13.9. The number of carbonyl (C=O) groups excluding carboxylic acids is 1. The molecule has 0 unspecified atom stereocenters. The molecule has 2 heterocycles. The van der Waals surface area contributed by atoms with E-state index in [4.69, 9.17) is 14.0 Å². The van der Waals surface area contributed by atoms with Crippen LogP contribution in [-0.2, 0) is 4.79 Å². The van der Waals surface area contributed by atoms with Crippen molar-refractivity contribution in [2.24, 2.45) is 0 Å². The Morgan fingerprint density at radius 2 is 1.93 bits per heavy atom. The fourth-order valence-corrected chi connectivity index (χ4v) is 3.27. The Hall–Kier alpha value is -3.42. The largest absolute Gasteiger partial charge is 0.493 e. The van der Waals surface area contributed by atoms with Gasteiger partial charge in [0.25, 0.3) is 5.89 Å². The molecule has 0 spiro atoms. The zero-order chi connectivity index (χ0) is 19.7. The molecule has 1 amide bonds. The third-order valence-corrected chi connectivity index (χ3v) is 4.71. The number of rotatable bonds is 5. The second-order valence-corrected chi connectivity index (χ2v) is 6.38. The molecule has 3 aromatic rings. The van der Waals surface area contributed by atoms with E-state index < -0.39 is 5.82 Å². The minimum atomic E-state index is -0.438. The molecule has 0 bridgehead atoms. The Bertz CT molecular complexity index is 1020. The van der Waals surface area contributed by atoms with Gasteiger partial charge in [0, 0.05) is 30.6 Å². The minimum absolute atomic E-state index is 0.0607. The first-order chi connectivity index (χ1) is 13.6. The predicted molar refractivity (Wildman–Crippen MR) is 98.9 cm³/mol. The normalized spacial score (nSPS) is 16.5. The number of methoxy groups -OCH3 is 2.